The molecule has 0 aromatic heterocycles. The van der Waals surface area contributed by atoms with Gasteiger partial charge < -0.3 is 10.0 Å². The van der Waals surface area contributed by atoms with Crippen LogP contribution in [0.25, 0.3) is 0 Å². The molecule has 0 aliphatic heterocycles. The number of carboxylic acids is 1. The van der Waals surface area contributed by atoms with Crippen molar-refractivity contribution in [3.05, 3.63) is 42.5 Å². The van der Waals surface area contributed by atoms with Crippen LogP contribution in [0, 0.1) is 12.8 Å². The van der Waals surface area contributed by atoms with E-state index in [1.165, 1.54) is 0 Å². The molecule has 3 heteroatoms. The van der Waals surface area contributed by atoms with Crippen molar-refractivity contribution < 1.29 is 9.90 Å². The van der Waals surface area contributed by atoms with Gasteiger partial charge in [0.2, 0.25) is 0 Å². The minimum atomic E-state index is -0.771. The standard InChI is InChI=1S/C14H19NO2/c1-4-9-15(10-12(3)14(16)17)13-8-6-5-7-11(13)2/h4-8,12H,1,9-10H2,2-3H3,(H,16,17). The maximum absolute atomic E-state index is 10.9. The van der Waals surface area contributed by atoms with Gasteiger partial charge in [0, 0.05) is 18.8 Å². The van der Waals surface area contributed by atoms with E-state index in [4.69, 9.17) is 5.11 Å². The van der Waals surface area contributed by atoms with E-state index in [0.717, 1.165) is 11.3 Å². The quantitative estimate of drug-likeness (QED) is 0.768. The zero-order valence-electron chi connectivity index (χ0n) is 10.4. The minimum absolute atomic E-state index is 0.394. The molecule has 0 saturated carbocycles. The van der Waals surface area contributed by atoms with Crippen molar-refractivity contribution in [3.8, 4) is 0 Å². The summed E-state index contributed by atoms with van der Waals surface area (Å²) >= 11 is 0. The van der Waals surface area contributed by atoms with Crippen LogP contribution in [0.1, 0.15) is 12.5 Å². The fourth-order valence-corrected chi connectivity index (χ4v) is 1.75. The number of anilines is 1. The number of benzene rings is 1. The average molecular weight is 233 g/mol. The van der Waals surface area contributed by atoms with Crippen molar-refractivity contribution in [1.82, 2.24) is 0 Å². The first-order chi connectivity index (χ1) is 8.06. The van der Waals surface area contributed by atoms with Crippen LogP contribution < -0.4 is 4.90 Å². The maximum atomic E-state index is 10.9. The first-order valence-corrected chi connectivity index (χ1v) is 5.70. The average Bonchev–Trinajstić information content (AvgIpc) is 2.29. The molecule has 0 heterocycles. The number of aryl methyl sites for hydroxylation is 1. The number of nitrogens with zero attached hydrogens (tertiary/aromatic N) is 1. The number of hydrogen-bond acceptors (Lipinski definition) is 2. The number of para-hydroxylation sites is 1. The molecular weight excluding hydrogens is 214 g/mol. The Kier molecular flexibility index (Phi) is 4.76. The molecule has 1 N–H and O–H groups in total. The molecule has 1 unspecified atom stereocenters. The molecule has 1 aromatic carbocycles. The normalized spacial score (nSPS) is 11.9. The summed E-state index contributed by atoms with van der Waals surface area (Å²) in [6.45, 7) is 8.61. The number of carbonyl (C=O) groups is 1. The van der Waals surface area contributed by atoms with Crippen molar-refractivity contribution in [2.24, 2.45) is 5.92 Å². The first kappa shape index (κ1) is 13.3. The molecule has 0 amide bonds. The highest BCUT2D eigenvalue weighted by molar-refractivity contribution is 5.70. The maximum Gasteiger partial charge on any atom is 0.308 e. The lowest BCUT2D eigenvalue weighted by Gasteiger charge is -2.26. The minimum Gasteiger partial charge on any atom is -0.481 e. The third-order valence-corrected chi connectivity index (χ3v) is 2.72. The van der Waals surface area contributed by atoms with Crippen molar-refractivity contribution in [2.45, 2.75) is 13.8 Å². The Labute approximate surface area is 102 Å². The third-order valence-electron chi connectivity index (χ3n) is 2.72. The summed E-state index contributed by atoms with van der Waals surface area (Å²) in [5.41, 5.74) is 2.22. The largest absolute Gasteiger partial charge is 0.481 e. The summed E-state index contributed by atoms with van der Waals surface area (Å²) in [6.07, 6.45) is 1.79. The van der Waals surface area contributed by atoms with Crippen molar-refractivity contribution in [3.63, 3.8) is 0 Å². The van der Waals surface area contributed by atoms with Gasteiger partial charge in [-0.2, -0.15) is 0 Å². The van der Waals surface area contributed by atoms with Crippen LogP contribution in [0.4, 0.5) is 5.69 Å². The van der Waals surface area contributed by atoms with Gasteiger partial charge in [-0.25, -0.2) is 0 Å². The molecular formula is C14H19NO2. The highest BCUT2D eigenvalue weighted by Crippen LogP contribution is 2.20. The lowest BCUT2D eigenvalue weighted by molar-refractivity contribution is -0.140. The zero-order valence-corrected chi connectivity index (χ0v) is 10.4. The molecule has 0 saturated heterocycles. The summed E-state index contributed by atoms with van der Waals surface area (Å²) in [4.78, 5) is 12.9. The number of carboxylic acid groups (broad SMARTS) is 1. The predicted octanol–water partition coefficient (Wildman–Crippen LogP) is 2.71. The van der Waals surface area contributed by atoms with E-state index >= 15 is 0 Å². The topological polar surface area (TPSA) is 40.5 Å². The summed E-state index contributed by atoms with van der Waals surface area (Å²) in [5, 5.41) is 8.96. The predicted molar refractivity (Wildman–Crippen MR) is 70.4 cm³/mol. The summed E-state index contributed by atoms with van der Waals surface area (Å²) in [5.74, 6) is -1.16. The molecule has 0 fully saturated rings. The van der Waals surface area contributed by atoms with Gasteiger partial charge >= 0.3 is 5.97 Å². The fourth-order valence-electron chi connectivity index (χ4n) is 1.75. The number of rotatable bonds is 6. The lowest BCUT2D eigenvalue weighted by Crippen LogP contribution is -2.32. The molecule has 1 rings (SSSR count). The second-order valence-electron chi connectivity index (χ2n) is 4.22. The van der Waals surface area contributed by atoms with Crippen LogP contribution in [-0.2, 0) is 4.79 Å². The van der Waals surface area contributed by atoms with Crippen LogP contribution in [0.3, 0.4) is 0 Å². The Morgan fingerprint density at radius 1 is 1.53 bits per heavy atom. The van der Waals surface area contributed by atoms with Crippen LogP contribution in [0.15, 0.2) is 36.9 Å². The van der Waals surface area contributed by atoms with E-state index in [2.05, 4.69) is 6.58 Å². The Morgan fingerprint density at radius 3 is 2.71 bits per heavy atom. The SMILES string of the molecule is C=CCN(CC(C)C(=O)O)c1ccccc1C. The lowest BCUT2D eigenvalue weighted by atomic mass is 10.1. The van der Waals surface area contributed by atoms with E-state index in [1.807, 2.05) is 36.1 Å². The molecule has 0 aliphatic carbocycles. The Morgan fingerprint density at radius 2 is 2.18 bits per heavy atom. The Balaban J connectivity index is 2.89. The van der Waals surface area contributed by atoms with Gasteiger partial charge in [0.05, 0.1) is 5.92 Å². The highest BCUT2D eigenvalue weighted by Gasteiger charge is 2.16. The van der Waals surface area contributed by atoms with Crippen LogP contribution in [-0.4, -0.2) is 24.2 Å². The first-order valence-electron chi connectivity index (χ1n) is 5.70. The molecule has 0 spiro atoms. The monoisotopic (exact) mass is 233 g/mol. The van der Waals surface area contributed by atoms with E-state index in [1.54, 1.807) is 13.0 Å². The van der Waals surface area contributed by atoms with Gasteiger partial charge in [0.15, 0.2) is 0 Å². The van der Waals surface area contributed by atoms with Crippen LogP contribution in [0.2, 0.25) is 0 Å². The molecule has 1 atom stereocenters. The van der Waals surface area contributed by atoms with Crippen molar-refractivity contribution >= 4 is 11.7 Å². The van der Waals surface area contributed by atoms with Gasteiger partial charge in [-0.3, -0.25) is 4.79 Å². The van der Waals surface area contributed by atoms with Crippen molar-refractivity contribution in [2.75, 3.05) is 18.0 Å². The van der Waals surface area contributed by atoms with Crippen LogP contribution >= 0.6 is 0 Å². The summed E-state index contributed by atoms with van der Waals surface area (Å²) < 4.78 is 0. The Bertz CT molecular complexity index is 401. The van der Waals surface area contributed by atoms with Gasteiger partial charge in [-0.05, 0) is 18.6 Å². The van der Waals surface area contributed by atoms with Crippen LogP contribution in [0.5, 0.6) is 0 Å². The van der Waals surface area contributed by atoms with E-state index in [0.29, 0.717) is 13.1 Å². The molecule has 17 heavy (non-hydrogen) atoms. The molecule has 92 valence electrons. The third kappa shape index (κ3) is 3.63. The van der Waals surface area contributed by atoms with E-state index in [9.17, 15) is 4.79 Å². The molecule has 0 radical (unpaired) electrons. The molecule has 0 bridgehead atoms. The zero-order chi connectivity index (χ0) is 12.8. The number of hydrogen-bond donors (Lipinski definition) is 1. The highest BCUT2D eigenvalue weighted by atomic mass is 16.4. The Hall–Kier alpha value is -1.77. The molecule has 1 aromatic rings. The van der Waals surface area contributed by atoms with Gasteiger partial charge in [-0.1, -0.05) is 31.2 Å². The van der Waals surface area contributed by atoms with Crippen molar-refractivity contribution in [1.29, 1.82) is 0 Å². The van der Waals surface area contributed by atoms with E-state index in [-0.39, 0.29) is 0 Å². The second kappa shape index (κ2) is 6.09. The molecule has 3 nitrogen and oxygen atoms in total. The number of aliphatic carboxylic acids is 1. The van der Waals surface area contributed by atoms with Gasteiger partial charge in [-0.15, -0.1) is 6.58 Å². The summed E-state index contributed by atoms with van der Waals surface area (Å²) in [7, 11) is 0. The smallest absolute Gasteiger partial charge is 0.308 e. The fraction of sp³-hybridized carbons (Fsp3) is 0.357. The molecule has 0 aliphatic rings. The second-order valence-corrected chi connectivity index (χ2v) is 4.22. The van der Waals surface area contributed by atoms with Gasteiger partial charge in [0.25, 0.3) is 0 Å². The van der Waals surface area contributed by atoms with Gasteiger partial charge in [0.1, 0.15) is 0 Å². The van der Waals surface area contributed by atoms with E-state index < -0.39 is 11.9 Å². The summed E-state index contributed by atoms with van der Waals surface area (Å²) in [6, 6.07) is 7.97.